The van der Waals surface area contributed by atoms with Crippen LogP contribution in [0.1, 0.15) is 58.8 Å². The van der Waals surface area contributed by atoms with Crippen LogP contribution in [0.25, 0.3) is 0 Å². The number of hydrogen-bond donors (Lipinski definition) is 0. The molecule has 0 bridgehead atoms. The van der Waals surface area contributed by atoms with Crippen molar-refractivity contribution < 1.29 is 9.53 Å². The van der Waals surface area contributed by atoms with Crippen LogP contribution in [-0.2, 0) is 9.53 Å². The summed E-state index contributed by atoms with van der Waals surface area (Å²) in [6.07, 6.45) is 16.3. The highest BCUT2D eigenvalue weighted by Crippen LogP contribution is 2.07. The zero-order valence-electron chi connectivity index (χ0n) is 10.6. The molecule has 0 aliphatic rings. The summed E-state index contributed by atoms with van der Waals surface area (Å²) in [5.41, 5.74) is 0. The number of unbranched alkanes of at least 4 members (excludes halogenated alkanes) is 6. The molecule has 0 atom stereocenters. The second kappa shape index (κ2) is 12.0. The maximum absolute atomic E-state index is 10.4. The van der Waals surface area contributed by atoms with E-state index in [4.69, 9.17) is 0 Å². The Bertz CT molecular complexity index is 217. The van der Waals surface area contributed by atoms with Crippen molar-refractivity contribution >= 4 is 5.97 Å². The summed E-state index contributed by atoms with van der Waals surface area (Å²) in [4.78, 5) is 10.4. The molecule has 2 heteroatoms. The second-order valence-electron chi connectivity index (χ2n) is 3.92. The lowest BCUT2D eigenvalue weighted by Crippen LogP contribution is -1.88. The molecule has 0 rings (SSSR count). The Morgan fingerprint density at radius 1 is 1.06 bits per heavy atom. The Labute approximate surface area is 99.4 Å². The van der Waals surface area contributed by atoms with Crippen LogP contribution in [0, 0.1) is 0 Å². The highest BCUT2D eigenvalue weighted by Gasteiger charge is 1.87. The summed E-state index contributed by atoms with van der Waals surface area (Å²) in [6, 6.07) is 0. The van der Waals surface area contributed by atoms with Gasteiger partial charge in [-0.1, -0.05) is 51.2 Å². The molecular weight excluding hydrogens is 200 g/mol. The quantitative estimate of drug-likeness (QED) is 0.251. The molecule has 0 aromatic carbocycles. The average Bonchev–Trinajstić information content (AvgIpc) is 2.25. The van der Waals surface area contributed by atoms with Gasteiger partial charge in [-0.3, -0.25) is 4.79 Å². The number of hydrogen-bond acceptors (Lipinski definition) is 2. The number of esters is 1. The minimum atomic E-state index is -0.277. The first-order chi connectivity index (χ1) is 7.77. The van der Waals surface area contributed by atoms with Crippen LogP contribution in [0.15, 0.2) is 24.5 Å². The Morgan fingerprint density at radius 2 is 1.75 bits per heavy atom. The highest BCUT2D eigenvalue weighted by atomic mass is 16.5. The topological polar surface area (TPSA) is 26.3 Å². The van der Waals surface area contributed by atoms with Gasteiger partial charge in [-0.05, 0) is 18.9 Å². The molecule has 0 heterocycles. The van der Waals surface area contributed by atoms with Gasteiger partial charge in [0.15, 0.2) is 0 Å². The zero-order chi connectivity index (χ0) is 12.1. The first kappa shape index (κ1) is 14.9. The van der Waals surface area contributed by atoms with E-state index in [1.54, 1.807) is 6.08 Å². The number of ether oxygens (including phenoxy) is 1. The summed E-state index contributed by atoms with van der Waals surface area (Å²) < 4.78 is 4.64. The summed E-state index contributed by atoms with van der Waals surface area (Å²) in [5, 5.41) is 0. The fourth-order valence-electron chi connectivity index (χ4n) is 1.40. The molecule has 16 heavy (non-hydrogen) atoms. The van der Waals surface area contributed by atoms with Gasteiger partial charge in [-0.25, -0.2) is 0 Å². The molecule has 0 saturated carbocycles. The summed E-state index contributed by atoms with van der Waals surface area (Å²) in [7, 11) is 0. The molecule has 0 aromatic rings. The van der Waals surface area contributed by atoms with Gasteiger partial charge in [0, 0.05) is 6.92 Å². The Balaban J connectivity index is 3.21. The Hall–Kier alpha value is -1.05. The molecule has 0 unspecified atom stereocenters. The summed E-state index contributed by atoms with van der Waals surface area (Å²) >= 11 is 0. The minimum absolute atomic E-state index is 0.277. The predicted molar refractivity (Wildman–Crippen MR) is 68.0 cm³/mol. The monoisotopic (exact) mass is 224 g/mol. The van der Waals surface area contributed by atoms with Gasteiger partial charge >= 0.3 is 5.97 Å². The van der Waals surface area contributed by atoms with Gasteiger partial charge < -0.3 is 4.74 Å². The lowest BCUT2D eigenvalue weighted by molar-refractivity contribution is -0.135. The minimum Gasteiger partial charge on any atom is -0.435 e. The highest BCUT2D eigenvalue weighted by molar-refractivity contribution is 5.66. The summed E-state index contributed by atoms with van der Waals surface area (Å²) in [5.74, 6) is -0.277. The van der Waals surface area contributed by atoms with E-state index >= 15 is 0 Å². The van der Waals surface area contributed by atoms with Crippen molar-refractivity contribution in [2.24, 2.45) is 0 Å². The lowest BCUT2D eigenvalue weighted by Gasteiger charge is -1.97. The van der Waals surface area contributed by atoms with Crippen LogP contribution < -0.4 is 0 Å². The first-order valence-corrected chi connectivity index (χ1v) is 6.26. The van der Waals surface area contributed by atoms with E-state index in [-0.39, 0.29) is 5.97 Å². The van der Waals surface area contributed by atoms with Crippen molar-refractivity contribution in [3.63, 3.8) is 0 Å². The number of allylic oxidation sites excluding steroid dienone is 3. The second-order valence-corrected chi connectivity index (χ2v) is 3.92. The van der Waals surface area contributed by atoms with E-state index in [1.165, 1.54) is 51.7 Å². The predicted octanol–water partition coefficient (Wildman–Crippen LogP) is 4.37. The van der Waals surface area contributed by atoms with Crippen LogP contribution in [0.4, 0.5) is 0 Å². The molecule has 0 aliphatic heterocycles. The first-order valence-electron chi connectivity index (χ1n) is 6.26. The normalized spacial score (nSPS) is 11.4. The molecule has 0 aliphatic carbocycles. The molecule has 0 saturated heterocycles. The van der Waals surface area contributed by atoms with E-state index < -0.39 is 0 Å². The van der Waals surface area contributed by atoms with Crippen LogP contribution in [0.2, 0.25) is 0 Å². The van der Waals surface area contributed by atoms with Crippen molar-refractivity contribution in [1.82, 2.24) is 0 Å². The Kier molecular flexibility index (Phi) is 11.2. The van der Waals surface area contributed by atoms with E-state index in [9.17, 15) is 4.79 Å². The molecule has 0 fully saturated rings. The standard InChI is InChI=1S/C14H24O2/c1-3-4-5-6-7-8-9-10-11-12-13-16-14(2)15/h10-13H,3-9H2,1-2H3/b11-10+,13-12-. The van der Waals surface area contributed by atoms with E-state index in [1.807, 2.05) is 6.08 Å². The largest absolute Gasteiger partial charge is 0.435 e. The third kappa shape index (κ3) is 12.9. The smallest absolute Gasteiger partial charge is 0.307 e. The zero-order valence-corrected chi connectivity index (χ0v) is 10.6. The maximum atomic E-state index is 10.4. The van der Waals surface area contributed by atoms with Crippen molar-refractivity contribution in [1.29, 1.82) is 0 Å². The molecule has 2 nitrogen and oxygen atoms in total. The van der Waals surface area contributed by atoms with E-state index in [0.717, 1.165) is 6.42 Å². The number of carbonyl (C=O) groups is 1. The third-order valence-electron chi connectivity index (χ3n) is 2.28. The molecule has 0 aromatic heterocycles. The van der Waals surface area contributed by atoms with Gasteiger partial charge in [-0.15, -0.1) is 0 Å². The van der Waals surface area contributed by atoms with Crippen molar-refractivity contribution in [3.05, 3.63) is 24.5 Å². The fraction of sp³-hybridized carbons (Fsp3) is 0.643. The molecule has 92 valence electrons. The number of rotatable bonds is 9. The molecule has 0 radical (unpaired) electrons. The van der Waals surface area contributed by atoms with E-state index in [2.05, 4.69) is 17.7 Å². The van der Waals surface area contributed by atoms with Gasteiger partial charge in [0.2, 0.25) is 0 Å². The van der Waals surface area contributed by atoms with Crippen LogP contribution in [0.5, 0.6) is 0 Å². The third-order valence-corrected chi connectivity index (χ3v) is 2.28. The average molecular weight is 224 g/mol. The SMILES string of the molecule is CCCCCCCC/C=C/C=C\OC(C)=O. The Morgan fingerprint density at radius 3 is 2.44 bits per heavy atom. The maximum Gasteiger partial charge on any atom is 0.307 e. The molecular formula is C14H24O2. The number of carbonyl (C=O) groups excluding carboxylic acids is 1. The summed E-state index contributed by atoms with van der Waals surface area (Å²) in [6.45, 7) is 3.63. The lowest BCUT2D eigenvalue weighted by atomic mass is 10.1. The van der Waals surface area contributed by atoms with Gasteiger partial charge in [-0.2, -0.15) is 0 Å². The fourth-order valence-corrected chi connectivity index (χ4v) is 1.40. The van der Waals surface area contributed by atoms with Gasteiger partial charge in [0.05, 0.1) is 6.26 Å². The molecule has 0 N–H and O–H groups in total. The molecule has 0 amide bonds. The van der Waals surface area contributed by atoms with Crippen molar-refractivity contribution in [2.45, 2.75) is 58.8 Å². The molecule has 0 spiro atoms. The van der Waals surface area contributed by atoms with Crippen LogP contribution >= 0.6 is 0 Å². The van der Waals surface area contributed by atoms with Crippen molar-refractivity contribution in [3.8, 4) is 0 Å². The van der Waals surface area contributed by atoms with Gasteiger partial charge in [0.25, 0.3) is 0 Å². The van der Waals surface area contributed by atoms with E-state index in [0.29, 0.717) is 0 Å². The van der Waals surface area contributed by atoms with Crippen LogP contribution in [-0.4, -0.2) is 5.97 Å². The van der Waals surface area contributed by atoms with Crippen LogP contribution in [0.3, 0.4) is 0 Å². The van der Waals surface area contributed by atoms with Crippen molar-refractivity contribution in [2.75, 3.05) is 0 Å². The van der Waals surface area contributed by atoms with Gasteiger partial charge in [0.1, 0.15) is 0 Å².